The number of fused-ring (bicyclic) bond motifs is 1. The summed E-state index contributed by atoms with van der Waals surface area (Å²) < 4.78 is 10.9. The van der Waals surface area contributed by atoms with Gasteiger partial charge in [-0.3, -0.25) is 0 Å². The molecule has 17 heavy (non-hydrogen) atoms. The van der Waals surface area contributed by atoms with Gasteiger partial charge in [-0.25, -0.2) is 4.79 Å². The van der Waals surface area contributed by atoms with Gasteiger partial charge in [-0.2, -0.15) is 0 Å². The zero-order valence-corrected chi connectivity index (χ0v) is 10.7. The molecule has 1 saturated carbocycles. The second-order valence-electron chi connectivity index (χ2n) is 5.72. The van der Waals surface area contributed by atoms with Crippen LogP contribution in [0.15, 0.2) is 0 Å². The van der Waals surface area contributed by atoms with Crippen LogP contribution >= 0.6 is 0 Å². The van der Waals surface area contributed by atoms with Crippen LogP contribution < -0.4 is 0 Å². The maximum Gasteiger partial charge on any atom is 0.410 e. The predicted octanol–water partition coefficient (Wildman–Crippen LogP) is 1.15. The standard InChI is InChI=1S/C12H21NO4/c1-12(2,3)17-11(15)13-6-7-16-10-8(13)4-5-9(10)14/h8-10,14H,4-7H2,1-3H3/t8-,9+,10+/m0/s1. The van der Waals surface area contributed by atoms with E-state index in [0.717, 1.165) is 6.42 Å². The first kappa shape index (κ1) is 12.6. The summed E-state index contributed by atoms with van der Waals surface area (Å²) in [5.74, 6) is 0. The molecule has 5 heteroatoms. The van der Waals surface area contributed by atoms with E-state index >= 15 is 0 Å². The molecule has 1 amide bonds. The number of carbonyl (C=O) groups excluding carboxylic acids is 1. The molecular formula is C12H21NO4. The van der Waals surface area contributed by atoms with Crippen molar-refractivity contribution in [1.29, 1.82) is 0 Å². The maximum absolute atomic E-state index is 12.0. The van der Waals surface area contributed by atoms with Gasteiger partial charge in [0.1, 0.15) is 11.7 Å². The molecule has 0 aromatic heterocycles. The number of ether oxygens (including phenoxy) is 2. The monoisotopic (exact) mass is 243 g/mol. The zero-order valence-electron chi connectivity index (χ0n) is 10.7. The summed E-state index contributed by atoms with van der Waals surface area (Å²) in [6.45, 7) is 6.57. The lowest BCUT2D eigenvalue weighted by molar-refractivity contribution is -0.0953. The third kappa shape index (κ3) is 2.72. The summed E-state index contributed by atoms with van der Waals surface area (Å²) in [5, 5.41) is 9.75. The molecule has 1 saturated heterocycles. The fraction of sp³-hybridized carbons (Fsp3) is 0.917. The van der Waals surface area contributed by atoms with Crippen LogP contribution in [0, 0.1) is 0 Å². The molecule has 1 aliphatic heterocycles. The van der Waals surface area contributed by atoms with Crippen molar-refractivity contribution in [2.24, 2.45) is 0 Å². The summed E-state index contributed by atoms with van der Waals surface area (Å²) in [6, 6.07) is -0.0337. The van der Waals surface area contributed by atoms with Crippen molar-refractivity contribution in [3.05, 3.63) is 0 Å². The Hall–Kier alpha value is -0.810. The first-order valence-electron chi connectivity index (χ1n) is 6.18. The van der Waals surface area contributed by atoms with Gasteiger partial charge in [0.05, 0.1) is 18.8 Å². The highest BCUT2D eigenvalue weighted by molar-refractivity contribution is 5.69. The first-order valence-corrected chi connectivity index (χ1v) is 6.18. The highest BCUT2D eigenvalue weighted by atomic mass is 16.6. The Morgan fingerprint density at radius 2 is 2.12 bits per heavy atom. The smallest absolute Gasteiger partial charge is 0.410 e. The van der Waals surface area contributed by atoms with Gasteiger partial charge < -0.3 is 19.5 Å². The third-order valence-corrected chi connectivity index (χ3v) is 3.19. The normalized spacial score (nSPS) is 33.4. The van der Waals surface area contributed by atoms with Gasteiger partial charge in [-0.15, -0.1) is 0 Å². The molecule has 0 radical (unpaired) electrons. The van der Waals surface area contributed by atoms with E-state index in [4.69, 9.17) is 9.47 Å². The van der Waals surface area contributed by atoms with E-state index in [1.807, 2.05) is 20.8 Å². The van der Waals surface area contributed by atoms with Gasteiger partial charge in [0.15, 0.2) is 0 Å². The first-order chi connectivity index (χ1) is 7.88. The van der Waals surface area contributed by atoms with E-state index < -0.39 is 11.7 Å². The van der Waals surface area contributed by atoms with Crippen molar-refractivity contribution in [2.75, 3.05) is 13.2 Å². The van der Waals surface area contributed by atoms with E-state index in [1.165, 1.54) is 0 Å². The SMILES string of the molecule is CC(C)(C)OC(=O)N1CCO[C@H]2[C@H](O)CC[C@@H]21. The molecule has 3 atom stereocenters. The molecule has 0 unspecified atom stereocenters. The van der Waals surface area contributed by atoms with Crippen LogP contribution in [0.2, 0.25) is 0 Å². The van der Waals surface area contributed by atoms with Crippen molar-refractivity contribution in [3.8, 4) is 0 Å². The highest BCUT2D eigenvalue weighted by Crippen LogP contribution is 2.31. The van der Waals surface area contributed by atoms with Crippen LogP contribution in [-0.2, 0) is 9.47 Å². The third-order valence-electron chi connectivity index (χ3n) is 3.19. The molecule has 1 aliphatic carbocycles. The minimum atomic E-state index is -0.484. The molecule has 98 valence electrons. The Bertz CT molecular complexity index is 299. The summed E-state index contributed by atoms with van der Waals surface area (Å²) in [6.07, 6.45) is 0.478. The predicted molar refractivity (Wildman–Crippen MR) is 61.7 cm³/mol. The lowest BCUT2D eigenvalue weighted by Crippen LogP contribution is -2.54. The van der Waals surface area contributed by atoms with Gasteiger partial charge in [0.25, 0.3) is 0 Å². The molecule has 1 heterocycles. The van der Waals surface area contributed by atoms with Gasteiger partial charge >= 0.3 is 6.09 Å². The molecule has 1 N–H and O–H groups in total. The van der Waals surface area contributed by atoms with Crippen LogP contribution in [0.3, 0.4) is 0 Å². The zero-order chi connectivity index (χ0) is 12.6. The minimum Gasteiger partial charge on any atom is -0.444 e. The van der Waals surface area contributed by atoms with Crippen molar-refractivity contribution in [1.82, 2.24) is 4.90 Å². The van der Waals surface area contributed by atoms with E-state index in [1.54, 1.807) is 4.90 Å². The molecule has 2 rings (SSSR count). The van der Waals surface area contributed by atoms with Crippen molar-refractivity contribution < 1.29 is 19.4 Å². The number of carbonyl (C=O) groups is 1. The van der Waals surface area contributed by atoms with Crippen LogP contribution in [0.5, 0.6) is 0 Å². The quantitative estimate of drug-likeness (QED) is 0.693. The van der Waals surface area contributed by atoms with Crippen molar-refractivity contribution in [3.63, 3.8) is 0 Å². The lowest BCUT2D eigenvalue weighted by atomic mass is 10.1. The largest absolute Gasteiger partial charge is 0.444 e. The minimum absolute atomic E-state index is 0.0337. The summed E-state index contributed by atoms with van der Waals surface area (Å²) in [4.78, 5) is 13.7. The van der Waals surface area contributed by atoms with E-state index in [9.17, 15) is 9.90 Å². The Labute approximate surface area is 102 Å². The lowest BCUT2D eigenvalue weighted by Gasteiger charge is -2.38. The number of morpholine rings is 1. The second-order valence-corrected chi connectivity index (χ2v) is 5.72. The van der Waals surface area contributed by atoms with Crippen molar-refractivity contribution >= 4 is 6.09 Å². The number of rotatable bonds is 0. The second kappa shape index (κ2) is 4.46. The Morgan fingerprint density at radius 3 is 2.76 bits per heavy atom. The molecular weight excluding hydrogens is 222 g/mol. The van der Waals surface area contributed by atoms with Crippen molar-refractivity contribution in [2.45, 2.75) is 57.5 Å². The molecule has 0 spiro atoms. The molecule has 0 bridgehead atoms. The summed E-state index contributed by atoms with van der Waals surface area (Å²) >= 11 is 0. The maximum atomic E-state index is 12.0. The summed E-state index contributed by atoms with van der Waals surface area (Å²) in [7, 11) is 0. The van der Waals surface area contributed by atoms with Gasteiger partial charge in [-0.05, 0) is 33.6 Å². The summed E-state index contributed by atoms with van der Waals surface area (Å²) in [5.41, 5.74) is -0.484. The van der Waals surface area contributed by atoms with Gasteiger partial charge in [-0.1, -0.05) is 0 Å². The van der Waals surface area contributed by atoms with E-state index in [-0.39, 0.29) is 18.2 Å². The van der Waals surface area contributed by atoms with Gasteiger partial charge in [0.2, 0.25) is 0 Å². The van der Waals surface area contributed by atoms with Gasteiger partial charge in [0, 0.05) is 6.54 Å². The highest BCUT2D eigenvalue weighted by Gasteiger charge is 2.44. The number of hydrogen-bond acceptors (Lipinski definition) is 4. The number of nitrogens with zero attached hydrogens (tertiary/aromatic N) is 1. The topological polar surface area (TPSA) is 59.0 Å². The van der Waals surface area contributed by atoms with E-state index in [2.05, 4.69) is 0 Å². The fourth-order valence-corrected chi connectivity index (χ4v) is 2.48. The Balaban J connectivity index is 2.03. The number of amides is 1. The molecule has 2 fully saturated rings. The number of aliphatic hydroxyl groups is 1. The molecule has 5 nitrogen and oxygen atoms in total. The van der Waals surface area contributed by atoms with Crippen LogP contribution in [0.25, 0.3) is 0 Å². The number of aliphatic hydroxyl groups excluding tert-OH is 1. The van der Waals surface area contributed by atoms with E-state index in [0.29, 0.717) is 19.6 Å². The average Bonchev–Trinajstić information content (AvgIpc) is 2.58. The number of hydrogen-bond donors (Lipinski definition) is 1. The molecule has 0 aromatic rings. The fourth-order valence-electron chi connectivity index (χ4n) is 2.48. The van der Waals surface area contributed by atoms with Crippen LogP contribution in [0.1, 0.15) is 33.6 Å². The Kier molecular flexibility index (Phi) is 3.32. The van der Waals surface area contributed by atoms with Crippen LogP contribution in [0.4, 0.5) is 4.79 Å². The molecule has 2 aliphatic rings. The molecule has 0 aromatic carbocycles. The van der Waals surface area contributed by atoms with Crippen LogP contribution in [-0.4, -0.2) is 53.1 Å². The Morgan fingerprint density at radius 1 is 1.41 bits per heavy atom. The average molecular weight is 243 g/mol.